The van der Waals surface area contributed by atoms with Gasteiger partial charge in [0.15, 0.2) is 0 Å². The molecule has 6 heteroatoms. The van der Waals surface area contributed by atoms with Crippen LogP contribution in [-0.4, -0.2) is 37.6 Å². The topological polar surface area (TPSA) is 93.5 Å². The van der Waals surface area contributed by atoms with Crippen LogP contribution in [0.2, 0.25) is 0 Å². The minimum absolute atomic E-state index is 0.0556. The van der Waals surface area contributed by atoms with E-state index in [2.05, 4.69) is 10.6 Å². The van der Waals surface area contributed by atoms with E-state index in [4.69, 9.17) is 10.5 Å². The van der Waals surface area contributed by atoms with E-state index in [-0.39, 0.29) is 17.9 Å². The summed E-state index contributed by atoms with van der Waals surface area (Å²) in [7, 11) is 1.55. The fourth-order valence-electron chi connectivity index (χ4n) is 2.21. The lowest BCUT2D eigenvalue weighted by Crippen LogP contribution is -2.30. The molecule has 108 valence electrons. The van der Waals surface area contributed by atoms with Crippen LogP contribution in [0.3, 0.4) is 0 Å². The van der Waals surface area contributed by atoms with E-state index in [0.717, 1.165) is 6.42 Å². The molecule has 6 nitrogen and oxygen atoms in total. The number of carbonyl (C=O) groups is 2. The van der Waals surface area contributed by atoms with E-state index in [1.54, 1.807) is 31.3 Å². The van der Waals surface area contributed by atoms with Crippen LogP contribution < -0.4 is 16.4 Å². The zero-order chi connectivity index (χ0) is 14.5. The van der Waals surface area contributed by atoms with Crippen molar-refractivity contribution in [3.8, 4) is 0 Å². The molecule has 1 aromatic carbocycles. The summed E-state index contributed by atoms with van der Waals surface area (Å²) in [5.74, 6) is -0.481. The van der Waals surface area contributed by atoms with Gasteiger partial charge in [-0.3, -0.25) is 9.59 Å². The summed E-state index contributed by atoms with van der Waals surface area (Å²) < 4.78 is 5.53. The molecule has 20 heavy (non-hydrogen) atoms. The summed E-state index contributed by atoms with van der Waals surface area (Å²) in [5, 5.41) is 5.29. The Morgan fingerprint density at radius 2 is 2.10 bits per heavy atom. The zero-order valence-electron chi connectivity index (χ0n) is 11.4. The summed E-state index contributed by atoms with van der Waals surface area (Å²) in [6.45, 7) is 0.415. The molecular formula is C14H19N3O3. The standard InChI is InChI=1S/C14H19N3O3/c1-16-13(18)10-4-2-3-5-11(10)17-14(19)12-7-6-9(8-15)20-12/h2-5,9,12H,6-8,15H2,1H3,(H,16,18)(H,17,19)/t9-,12+/m1/s1. The van der Waals surface area contributed by atoms with E-state index < -0.39 is 6.10 Å². The van der Waals surface area contributed by atoms with Crippen molar-refractivity contribution in [3.63, 3.8) is 0 Å². The molecule has 1 fully saturated rings. The predicted octanol–water partition coefficient (Wildman–Crippen LogP) is 0.491. The van der Waals surface area contributed by atoms with E-state index in [9.17, 15) is 9.59 Å². The van der Waals surface area contributed by atoms with Crippen molar-refractivity contribution in [1.82, 2.24) is 5.32 Å². The molecule has 1 aromatic rings. The minimum Gasteiger partial charge on any atom is -0.364 e. The van der Waals surface area contributed by atoms with Gasteiger partial charge in [-0.05, 0) is 25.0 Å². The van der Waals surface area contributed by atoms with Crippen molar-refractivity contribution in [1.29, 1.82) is 0 Å². The molecule has 2 atom stereocenters. The average Bonchev–Trinajstić information content (AvgIpc) is 2.96. The number of ether oxygens (including phenoxy) is 1. The fourth-order valence-corrected chi connectivity index (χ4v) is 2.21. The quantitative estimate of drug-likeness (QED) is 0.746. The van der Waals surface area contributed by atoms with Gasteiger partial charge in [-0.2, -0.15) is 0 Å². The lowest BCUT2D eigenvalue weighted by atomic mass is 10.1. The third-order valence-corrected chi connectivity index (χ3v) is 3.32. The van der Waals surface area contributed by atoms with E-state index >= 15 is 0 Å². The first-order chi connectivity index (χ1) is 9.65. The lowest BCUT2D eigenvalue weighted by Gasteiger charge is -2.14. The molecule has 4 N–H and O–H groups in total. The zero-order valence-corrected chi connectivity index (χ0v) is 11.4. The molecule has 1 aliphatic heterocycles. The Labute approximate surface area is 117 Å². The number of hydrogen-bond donors (Lipinski definition) is 3. The Balaban J connectivity index is 2.07. The Kier molecular flexibility index (Phi) is 4.70. The molecule has 0 aliphatic carbocycles. The second-order valence-corrected chi connectivity index (χ2v) is 4.67. The van der Waals surface area contributed by atoms with Crippen LogP contribution in [0.25, 0.3) is 0 Å². The van der Waals surface area contributed by atoms with Crippen LogP contribution in [0.15, 0.2) is 24.3 Å². The summed E-state index contributed by atoms with van der Waals surface area (Å²) in [4.78, 5) is 23.9. The van der Waals surface area contributed by atoms with Crippen molar-refractivity contribution in [2.24, 2.45) is 5.73 Å². The van der Waals surface area contributed by atoms with E-state index in [1.165, 1.54) is 0 Å². The third-order valence-electron chi connectivity index (χ3n) is 3.32. The van der Waals surface area contributed by atoms with Crippen molar-refractivity contribution >= 4 is 17.5 Å². The van der Waals surface area contributed by atoms with Crippen molar-refractivity contribution < 1.29 is 14.3 Å². The number of rotatable bonds is 4. The van der Waals surface area contributed by atoms with Crippen LogP contribution in [0.5, 0.6) is 0 Å². The molecule has 1 heterocycles. The largest absolute Gasteiger partial charge is 0.364 e. The second-order valence-electron chi connectivity index (χ2n) is 4.67. The second kappa shape index (κ2) is 6.49. The van der Waals surface area contributed by atoms with E-state index in [0.29, 0.717) is 24.2 Å². The van der Waals surface area contributed by atoms with Gasteiger partial charge in [-0.25, -0.2) is 0 Å². The van der Waals surface area contributed by atoms with Gasteiger partial charge in [0.1, 0.15) is 6.10 Å². The van der Waals surface area contributed by atoms with Crippen LogP contribution in [0, 0.1) is 0 Å². The molecule has 2 amide bonds. The van der Waals surface area contributed by atoms with Crippen molar-refractivity contribution in [2.75, 3.05) is 18.9 Å². The molecule has 0 radical (unpaired) electrons. The van der Waals surface area contributed by atoms with Gasteiger partial charge in [-0.1, -0.05) is 12.1 Å². The van der Waals surface area contributed by atoms with Crippen LogP contribution in [0.1, 0.15) is 23.2 Å². The molecule has 0 unspecified atom stereocenters. The highest BCUT2D eigenvalue weighted by molar-refractivity contribution is 6.04. The molecule has 1 saturated heterocycles. The molecule has 1 aliphatic rings. The van der Waals surface area contributed by atoms with Gasteiger partial charge in [-0.15, -0.1) is 0 Å². The van der Waals surface area contributed by atoms with Crippen molar-refractivity contribution in [3.05, 3.63) is 29.8 Å². The maximum absolute atomic E-state index is 12.1. The third kappa shape index (κ3) is 3.15. The van der Waals surface area contributed by atoms with Gasteiger partial charge in [0.05, 0.1) is 17.4 Å². The Morgan fingerprint density at radius 1 is 1.35 bits per heavy atom. The number of anilines is 1. The average molecular weight is 277 g/mol. The number of nitrogens with one attached hydrogen (secondary N) is 2. The van der Waals surface area contributed by atoms with Crippen LogP contribution in [-0.2, 0) is 9.53 Å². The molecule has 0 aromatic heterocycles. The number of nitrogens with two attached hydrogens (primary N) is 1. The Bertz CT molecular complexity index is 504. The first kappa shape index (κ1) is 14.5. The predicted molar refractivity (Wildman–Crippen MR) is 75.4 cm³/mol. The SMILES string of the molecule is CNC(=O)c1ccccc1NC(=O)[C@@H]1CC[C@H](CN)O1. The van der Waals surface area contributed by atoms with Crippen LogP contribution >= 0.6 is 0 Å². The summed E-state index contributed by atoms with van der Waals surface area (Å²) in [5.41, 5.74) is 6.43. The van der Waals surface area contributed by atoms with Gasteiger partial charge in [0.2, 0.25) is 0 Å². The van der Waals surface area contributed by atoms with Gasteiger partial charge >= 0.3 is 0 Å². The molecule has 2 rings (SSSR count). The van der Waals surface area contributed by atoms with Crippen molar-refractivity contribution in [2.45, 2.75) is 25.0 Å². The molecule has 0 saturated carbocycles. The molecule has 0 spiro atoms. The van der Waals surface area contributed by atoms with Crippen LogP contribution in [0.4, 0.5) is 5.69 Å². The number of para-hydroxylation sites is 1. The number of hydrogen-bond acceptors (Lipinski definition) is 4. The lowest BCUT2D eigenvalue weighted by molar-refractivity contribution is -0.126. The summed E-state index contributed by atoms with van der Waals surface area (Å²) in [6.07, 6.45) is 0.878. The maximum atomic E-state index is 12.1. The summed E-state index contributed by atoms with van der Waals surface area (Å²) >= 11 is 0. The van der Waals surface area contributed by atoms with E-state index in [1.807, 2.05) is 0 Å². The monoisotopic (exact) mass is 277 g/mol. The fraction of sp³-hybridized carbons (Fsp3) is 0.429. The normalized spacial score (nSPS) is 21.5. The number of amides is 2. The number of carbonyl (C=O) groups excluding carboxylic acids is 2. The Morgan fingerprint density at radius 3 is 2.75 bits per heavy atom. The Hall–Kier alpha value is -1.92. The van der Waals surface area contributed by atoms with Gasteiger partial charge in [0.25, 0.3) is 11.8 Å². The molecule has 0 bridgehead atoms. The minimum atomic E-state index is -0.499. The first-order valence-electron chi connectivity index (χ1n) is 6.63. The smallest absolute Gasteiger partial charge is 0.253 e. The highest BCUT2D eigenvalue weighted by Crippen LogP contribution is 2.21. The molecular weight excluding hydrogens is 258 g/mol. The highest BCUT2D eigenvalue weighted by atomic mass is 16.5. The highest BCUT2D eigenvalue weighted by Gasteiger charge is 2.30. The van der Waals surface area contributed by atoms with Gasteiger partial charge in [0, 0.05) is 13.6 Å². The number of benzene rings is 1. The maximum Gasteiger partial charge on any atom is 0.253 e. The first-order valence-corrected chi connectivity index (χ1v) is 6.63. The van der Waals surface area contributed by atoms with Gasteiger partial charge < -0.3 is 21.1 Å². The summed E-state index contributed by atoms with van der Waals surface area (Å²) in [6, 6.07) is 6.86.